The van der Waals surface area contributed by atoms with Crippen LogP contribution in [-0.4, -0.2) is 36.7 Å². The van der Waals surface area contributed by atoms with Gasteiger partial charge in [0.05, 0.1) is 17.3 Å². The number of anilines is 1. The molecule has 0 aromatic heterocycles. The Kier molecular flexibility index (Phi) is 5.35. The number of carbonyl (C=O) groups is 1. The molecule has 3 rings (SSSR count). The fraction of sp³-hybridized carbons (Fsp3) is 0.385. The monoisotopic (exact) mass is 301 g/mol. The van der Waals surface area contributed by atoms with E-state index in [1.165, 1.54) is 0 Å². The van der Waals surface area contributed by atoms with Gasteiger partial charge in [0, 0.05) is 19.5 Å². The van der Waals surface area contributed by atoms with Crippen LogP contribution >= 0.6 is 24.8 Å². The van der Waals surface area contributed by atoms with E-state index in [1.54, 1.807) is 5.01 Å². The van der Waals surface area contributed by atoms with Gasteiger partial charge in [-0.3, -0.25) is 4.79 Å². The van der Waals surface area contributed by atoms with Crippen molar-refractivity contribution in [1.29, 1.82) is 0 Å². The molecule has 1 atom stereocenters. The van der Waals surface area contributed by atoms with Crippen molar-refractivity contribution >= 4 is 42.1 Å². The lowest BCUT2D eigenvalue weighted by Crippen LogP contribution is -2.41. The Hall–Kier alpha value is -1.10. The number of hydrogen-bond acceptors (Lipinski definition) is 3. The van der Waals surface area contributed by atoms with Crippen LogP contribution in [0, 0.1) is 5.92 Å². The number of hydrogen-bond donors (Lipinski definition) is 0. The number of nitrogens with zero attached hydrogens (tertiary/aromatic N) is 3. The van der Waals surface area contributed by atoms with Crippen molar-refractivity contribution in [3.8, 4) is 0 Å². The van der Waals surface area contributed by atoms with E-state index < -0.39 is 0 Å². The van der Waals surface area contributed by atoms with E-state index in [1.807, 2.05) is 30.3 Å². The molecule has 0 N–H and O–H groups in total. The molecule has 0 saturated carbocycles. The van der Waals surface area contributed by atoms with Crippen molar-refractivity contribution in [3.05, 3.63) is 30.3 Å². The normalized spacial score (nSPS) is 22.2. The first kappa shape index (κ1) is 16.0. The number of amides is 1. The molecule has 0 aliphatic carbocycles. The van der Waals surface area contributed by atoms with Crippen LogP contribution < -0.4 is 5.01 Å². The van der Waals surface area contributed by atoms with Gasteiger partial charge >= 0.3 is 0 Å². The number of piperidine rings is 1. The first-order valence-electron chi connectivity index (χ1n) is 5.90. The lowest BCUT2D eigenvalue weighted by molar-refractivity contribution is -0.120. The fourth-order valence-corrected chi connectivity index (χ4v) is 2.41. The number of carbonyl (C=O) groups excluding carboxylic acids is 1. The predicted molar refractivity (Wildman–Crippen MR) is 81.5 cm³/mol. The first-order valence-corrected chi connectivity index (χ1v) is 5.90. The summed E-state index contributed by atoms with van der Waals surface area (Å²) in [6.45, 7) is 1.78. The van der Waals surface area contributed by atoms with Gasteiger partial charge in [0.1, 0.15) is 0 Å². The zero-order valence-corrected chi connectivity index (χ0v) is 12.3. The third kappa shape index (κ3) is 2.91. The number of rotatable bonds is 1. The maximum absolute atomic E-state index is 12.3. The SMILES string of the molecule is CN1CCC2=NN(c3ccccc3)C(=O)C2C1.Cl.Cl. The summed E-state index contributed by atoms with van der Waals surface area (Å²) in [7, 11) is 2.05. The molecule has 0 radical (unpaired) electrons. The highest BCUT2D eigenvalue weighted by Gasteiger charge is 2.39. The maximum Gasteiger partial charge on any atom is 0.257 e. The van der Waals surface area contributed by atoms with Crippen LogP contribution in [0.1, 0.15) is 6.42 Å². The number of halogens is 2. The van der Waals surface area contributed by atoms with Crippen molar-refractivity contribution < 1.29 is 4.79 Å². The zero-order valence-electron chi connectivity index (χ0n) is 10.7. The van der Waals surface area contributed by atoms with Crippen LogP contribution in [0.15, 0.2) is 35.4 Å². The highest BCUT2D eigenvalue weighted by atomic mass is 35.5. The van der Waals surface area contributed by atoms with Gasteiger partial charge in [-0.15, -0.1) is 24.8 Å². The number of benzene rings is 1. The lowest BCUT2D eigenvalue weighted by atomic mass is 9.96. The number of para-hydroxylation sites is 1. The Balaban J connectivity index is 0.000000902. The van der Waals surface area contributed by atoms with E-state index in [0.29, 0.717) is 0 Å². The summed E-state index contributed by atoms with van der Waals surface area (Å²) in [4.78, 5) is 14.5. The minimum Gasteiger partial charge on any atom is -0.305 e. The molecule has 1 fully saturated rings. The third-order valence-corrected chi connectivity index (χ3v) is 3.38. The number of likely N-dealkylation sites (tertiary alicyclic amines) is 1. The predicted octanol–water partition coefficient (Wildman–Crippen LogP) is 2.18. The van der Waals surface area contributed by atoms with Gasteiger partial charge in [-0.25, -0.2) is 5.01 Å². The summed E-state index contributed by atoms with van der Waals surface area (Å²) in [6.07, 6.45) is 0.899. The summed E-state index contributed by atoms with van der Waals surface area (Å²) >= 11 is 0. The number of hydrazone groups is 1. The third-order valence-electron chi connectivity index (χ3n) is 3.38. The quantitative estimate of drug-likeness (QED) is 0.797. The minimum atomic E-state index is -0.0334. The van der Waals surface area contributed by atoms with E-state index in [4.69, 9.17) is 0 Å². The van der Waals surface area contributed by atoms with E-state index in [-0.39, 0.29) is 36.6 Å². The maximum atomic E-state index is 12.3. The fourth-order valence-electron chi connectivity index (χ4n) is 2.41. The van der Waals surface area contributed by atoms with Crippen molar-refractivity contribution in [2.45, 2.75) is 6.42 Å². The minimum absolute atomic E-state index is 0. The molecule has 1 saturated heterocycles. The Morgan fingerprint density at radius 3 is 2.58 bits per heavy atom. The van der Waals surface area contributed by atoms with Gasteiger partial charge < -0.3 is 4.90 Å². The average Bonchev–Trinajstić information content (AvgIpc) is 2.68. The van der Waals surface area contributed by atoms with E-state index in [2.05, 4.69) is 17.0 Å². The van der Waals surface area contributed by atoms with Crippen molar-refractivity contribution in [2.24, 2.45) is 11.0 Å². The van der Waals surface area contributed by atoms with Gasteiger partial charge in [-0.1, -0.05) is 18.2 Å². The Labute approximate surface area is 125 Å². The van der Waals surface area contributed by atoms with Crippen LogP contribution in [0.4, 0.5) is 5.69 Å². The molecule has 104 valence electrons. The molecule has 4 nitrogen and oxygen atoms in total. The van der Waals surface area contributed by atoms with Crippen LogP contribution in [0.25, 0.3) is 0 Å². The second-order valence-electron chi connectivity index (χ2n) is 4.64. The van der Waals surface area contributed by atoms with Crippen LogP contribution in [0.3, 0.4) is 0 Å². The molecule has 2 aliphatic heterocycles. The molecule has 0 spiro atoms. The van der Waals surface area contributed by atoms with Gasteiger partial charge in [-0.2, -0.15) is 5.10 Å². The molecule has 2 heterocycles. The van der Waals surface area contributed by atoms with Crippen LogP contribution in [0.2, 0.25) is 0 Å². The Morgan fingerprint density at radius 1 is 1.21 bits per heavy atom. The van der Waals surface area contributed by atoms with Crippen molar-refractivity contribution in [1.82, 2.24) is 4.90 Å². The molecule has 0 bridgehead atoms. The summed E-state index contributed by atoms with van der Waals surface area (Å²) in [5.74, 6) is 0.0757. The van der Waals surface area contributed by atoms with Crippen molar-refractivity contribution in [2.75, 3.05) is 25.1 Å². The number of fused-ring (bicyclic) bond motifs is 1. The van der Waals surface area contributed by atoms with E-state index >= 15 is 0 Å². The second-order valence-corrected chi connectivity index (χ2v) is 4.64. The van der Waals surface area contributed by atoms with E-state index in [0.717, 1.165) is 30.9 Å². The standard InChI is InChI=1S/C13H15N3O.2ClH/c1-15-8-7-12-11(9-15)13(17)16(14-12)10-5-3-2-4-6-10;;/h2-6,11H,7-9H2,1H3;2*1H. The summed E-state index contributed by atoms with van der Waals surface area (Å²) < 4.78 is 0. The Bertz CT molecular complexity index is 478. The highest BCUT2D eigenvalue weighted by Crippen LogP contribution is 2.27. The topological polar surface area (TPSA) is 35.9 Å². The summed E-state index contributed by atoms with van der Waals surface area (Å²) in [6, 6.07) is 9.64. The molecule has 1 aromatic carbocycles. The van der Waals surface area contributed by atoms with Gasteiger partial charge in [0.25, 0.3) is 5.91 Å². The first-order chi connectivity index (χ1) is 8.25. The molecule has 6 heteroatoms. The second kappa shape index (κ2) is 6.37. The van der Waals surface area contributed by atoms with Crippen LogP contribution in [-0.2, 0) is 4.79 Å². The smallest absolute Gasteiger partial charge is 0.257 e. The van der Waals surface area contributed by atoms with Crippen molar-refractivity contribution in [3.63, 3.8) is 0 Å². The largest absolute Gasteiger partial charge is 0.305 e. The molecular weight excluding hydrogens is 285 g/mol. The molecule has 2 aliphatic rings. The average molecular weight is 302 g/mol. The van der Waals surface area contributed by atoms with Gasteiger partial charge in [0.15, 0.2) is 0 Å². The van der Waals surface area contributed by atoms with E-state index in [9.17, 15) is 4.79 Å². The highest BCUT2D eigenvalue weighted by molar-refractivity contribution is 6.16. The lowest BCUT2D eigenvalue weighted by Gasteiger charge is -2.26. The Morgan fingerprint density at radius 2 is 1.89 bits per heavy atom. The summed E-state index contributed by atoms with van der Waals surface area (Å²) in [5.41, 5.74) is 1.90. The molecule has 1 unspecified atom stereocenters. The van der Waals surface area contributed by atoms with Crippen LogP contribution in [0.5, 0.6) is 0 Å². The van der Waals surface area contributed by atoms with Gasteiger partial charge in [-0.05, 0) is 19.2 Å². The molecule has 19 heavy (non-hydrogen) atoms. The molecular formula is C13H17Cl2N3O. The van der Waals surface area contributed by atoms with Gasteiger partial charge in [0.2, 0.25) is 0 Å². The molecule has 1 amide bonds. The molecule has 1 aromatic rings. The zero-order chi connectivity index (χ0) is 11.8. The summed E-state index contributed by atoms with van der Waals surface area (Å²) in [5, 5.41) is 6.02.